The number of unbranched alkanes of at least 4 members (excludes halogenated alkanes) is 12. The molecule has 0 spiro atoms. The third kappa shape index (κ3) is 20.1. The van der Waals surface area contributed by atoms with E-state index in [2.05, 4.69) is 6.92 Å². The second kappa shape index (κ2) is 18.7. The van der Waals surface area contributed by atoms with Gasteiger partial charge in [-0.25, -0.2) is 4.79 Å². The molecule has 0 bridgehead atoms. The molecule has 0 rings (SSSR count). The number of hydrogen-bond donors (Lipinski definition) is 1. The minimum Gasteiger partial charge on any atom is -0.478 e. The number of carboxylic acids is 1. The van der Waals surface area contributed by atoms with Crippen molar-refractivity contribution >= 4 is 5.97 Å². The molecule has 3 heteroatoms. The van der Waals surface area contributed by atoms with Crippen LogP contribution in [-0.2, 0) is 21.9 Å². The number of aliphatic carboxylic acids is 1. The third-order valence-corrected chi connectivity index (χ3v) is 3.48. The predicted octanol–water partition coefficient (Wildman–Crippen LogP) is 5.72. The SMILES string of the molecule is CCCCCCCCCCCCCCC=CC(=O)O.[Cu]. The summed E-state index contributed by atoms with van der Waals surface area (Å²) >= 11 is 0. The van der Waals surface area contributed by atoms with E-state index in [1.165, 1.54) is 76.7 Å². The zero-order valence-corrected chi connectivity index (χ0v) is 13.9. The Morgan fingerprint density at radius 2 is 1.20 bits per heavy atom. The van der Waals surface area contributed by atoms with E-state index >= 15 is 0 Å². The summed E-state index contributed by atoms with van der Waals surface area (Å²) in [5, 5.41) is 8.42. The van der Waals surface area contributed by atoms with Crippen LogP contribution in [0, 0.1) is 0 Å². The second-order valence-electron chi connectivity index (χ2n) is 5.42. The molecule has 0 atom stereocenters. The van der Waals surface area contributed by atoms with E-state index in [0.717, 1.165) is 12.8 Å². The van der Waals surface area contributed by atoms with Gasteiger partial charge in [0.25, 0.3) is 0 Å². The Morgan fingerprint density at radius 3 is 1.60 bits per heavy atom. The molecule has 0 aromatic heterocycles. The van der Waals surface area contributed by atoms with Crippen LogP contribution in [0.15, 0.2) is 12.2 Å². The first-order valence-electron chi connectivity index (χ1n) is 8.17. The van der Waals surface area contributed by atoms with Crippen molar-refractivity contribution in [3.8, 4) is 0 Å². The molecule has 123 valence electrons. The van der Waals surface area contributed by atoms with Gasteiger partial charge in [0.2, 0.25) is 0 Å². The minimum atomic E-state index is -0.834. The molecule has 0 amide bonds. The van der Waals surface area contributed by atoms with Gasteiger partial charge < -0.3 is 5.11 Å². The van der Waals surface area contributed by atoms with Gasteiger partial charge in [0.15, 0.2) is 0 Å². The predicted molar refractivity (Wildman–Crippen MR) is 82.5 cm³/mol. The van der Waals surface area contributed by atoms with Crippen molar-refractivity contribution < 1.29 is 27.0 Å². The van der Waals surface area contributed by atoms with Gasteiger partial charge in [-0.1, -0.05) is 83.6 Å². The second-order valence-corrected chi connectivity index (χ2v) is 5.42. The van der Waals surface area contributed by atoms with E-state index in [9.17, 15) is 4.79 Å². The van der Waals surface area contributed by atoms with Crippen LogP contribution in [0.5, 0.6) is 0 Å². The Balaban J connectivity index is 0. The van der Waals surface area contributed by atoms with Crippen molar-refractivity contribution in [2.45, 2.75) is 90.4 Å². The maximum atomic E-state index is 10.2. The molecular formula is C17H32CuO2. The van der Waals surface area contributed by atoms with Crippen LogP contribution >= 0.6 is 0 Å². The average Bonchev–Trinajstić information content (AvgIpc) is 2.39. The summed E-state index contributed by atoms with van der Waals surface area (Å²) < 4.78 is 0. The van der Waals surface area contributed by atoms with Crippen molar-refractivity contribution in [2.24, 2.45) is 0 Å². The first kappa shape index (κ1) is 22.0. The van der Waals surface area contributed by atoms with Gasteiger partial charge in [0, 0.05) is 23.1 Å². The number of carbonyl (C=O) groups is 1. The fraction of sp³-hybridized carbons (Fsp3) is 0.824. The Kier molecular flexibility index (Phi) is 20.6. The first-order valence-corrected chi connectivity index (χ1v) is 8.17. The standard InChI is InChI=1S/C17H32O2.Cu/c1-2-3-4-5-6-7-8-9-10-11-12-13-14-15-16-17(18)19;/h15-16H,2-14H2,1H3,(H,18,19);. The van der Waals surface area contributed by atoms with Gasteiger partial charge >= 0.3 is 5.97 Å². The van der Waals surface area contributed by atoms with Crippen LogP contribution in [0.25, 0.3) is 0 Å². The Labute approximate surface area is 135 Å². The summed E-state index contributed by atoms with van der Waals surface area (Å²) in [7, 11) is 0. The Hall–Kier alpha value is -0.271. The van der Waals surface area contributed by atoms with Crippen molar-refractivity contribution in [1.82, 2.24) is 0 Å². The number of rotatable bonds is 14. The molecule has 1 radical (unpaired) electrons. The van der Waals surface area contributed by atoms with Gasteiger partial charge in [-0.2, -0.15) is 0 Å². The normalized spacial score (nSPS) is 10.7. The molecule has 0 saturated heterocycles. The largest absolute Gasteiger partial charge is 0.478 e. The van der Waals surface area contributed by atoms with Crippen LogP contribution in [0.2, 0.25) is 0 Å². The van der Waals surface area contributed by atoms with Crippen molar-refractivity contribution in [1.29, 1.82) is 0 Å². The van der Waals surface area contributed by atoms with Gasteiger partial charge in [0.05, 0.1) is 0 Å². The summed E-state index contributed by atoms with van der Waals surface area (Å²) in [6.07, 6.45) is 20.1. The summed E-state index contributed by atoms with van der Waals surface area (Å²) in [5.41, 5.74) is 0. The average molecular weight is 332 g/mol. The van der Waals surface area contributed by atoms with Crippen LogP contribution in [0.4, 0.5) is 0 Å². The van der Waals surface area contributed by atoms with Gasteiger partial charge in [0.1, 0.15) is 0 Å². The smallest absolute Gasteiger partial charge is 0.327 e. The van der Waals surface area contributed by atoms with Crippen LogP contribution in [0.1, 0.15) is 90.4 Å². The van der Waals surface area contributed by atoms with Crippen LogP contribution in [-0.4, -0.2) is 11.1 Å². The van der Waals surface area contributed by atoms with Crippen LogP contribution < -0.4 is 0 Å². The zero-order chi connectivity index (χ0) is 14.2. The Morgan fingerprint density at radius 1 is 0.800 bits per heavy atom. The summed E-state index contributed by atoms with van der Waals surface area (Å²) in [6, 6.07) is 0. The molecule has 0 aliphatic heterocycles. The van der Waals surface area contributed by atoms with E-state index < -0.39 is 5.97 Å². The molecule has 0 aliphatic carbocycles. The molecule has 0 aromatic rings. The molecule has 0 aromatic carbocycles. The quantitative estimate of drug-likeness (QED) is 0.251. The van der Waals surface area contributed by atoms with Crippen molar-refractivity contribution in [3.05, 3.63) is 12.2 Å². The summed E-state index contributed by atoms with van der Waals surface area (Å²) in [5.74, 6) is -0.834. The molecule has 0 unspecified atom stereocenters. The summed E-state index contributed by atoms with van der Waals surface area (Å²) in [4.78, 5) is 10.2. The number of carboxylic acid groups (broad SMARTS) is 1. The van der Waals surface area contributed by atoms with Crippen molar-refractivity contribution in [2.75, 3.05) is 0 Å². The van der Waals surface area contributed by atoms with Gasteiger partial charge in [-0.3, -0.25) is 0 Å². The fourth-order valence-corrected chi connectivity index (χ4v) is 2.29. The Bertz CT molecular complexity index is 227. The van der Waals surface area contributed by atoms with E-state index in [-0.39, 0.29) is 17.1 Å². The zero-order valence-electron chi connectivity index (χ0n) is 13.0. The van der Waals surface area contributed by atoms with E-state index in [1.54, 1.807) is 6.08 Å². The van der Waals surface area contributed by atoms with E-state index in [4.69, 9.17) is 5.11 Å². The first-order chi connectivity index (χ1) is 9.27. The van der Waals surface area contributed by atoms with E-state index in [0.29, 0.717) is 0 Å². The third-order valence-electron chi connectivity index (χ3n) is 3.48. The van der Waals surface area contributed by atoms with Crippen molar-refractivity contribution in [3.63, 3.8) is 0 Å². The fourth-order valence-electron chi connectivity index (χ4n) is 2.29. The topological polar surface area (TPSA) is 37.3 Å². The molecule has 20 heavy (non-hydrogen) atoms. The number of allylic oxidation sites excluding steroid dienone is 1. The van der Waals surface area contributed by atoms with E-state index in [1.807, 2.05) is 0 Å². The molecular weight excluding hydrogens is 300 g/mol. The maximum Gasteiger partial charge on any atom is 0.327 e. The molecule has 1 N–H and O–H groups in total. The molecule has 0 aliphatic rings. The number of hydrogen-bond acceptors (Lipinski definition) is 1. The monoisotopic (exact) mass is 331 g/mol. The van der Waals surface area contributed by atoms with Crippen LogP contribution in [0.3, 0.4) is 0 Å². The summed E-state index contributed by atoms with van der Waals surface area (Å²) in [6.45, 7) is 2.26. The molecule has 2 nitrogen and oxygen atoms in total. The molecule has 0 heterocycles. The van der Waals surface area contributed by atoms with Gasteiger partial charge in [-0.15, -0.1) is 0 Å². The molecule has 0 saturated carbocycles. The van der Waals surface area contributed by atoms with Gasteiger partial charge in [-0.05, 0) is 12.8 Å². The minimum absolute atomic E-state index is 0. The maximum absolute atomic E-state index is 10.2. The molecule has 0 fully saturated rings.